The van der Waals surface area contributed by atoms with E-state index in [1.807, 2.05) is 17.8 Å². The molecule has 0 amide bonds. The molecule has 0 aliphatic carbocycles. The molecule has 0 bridgehead atoms. The van der Waals surface area contributed by atoms with Gasteiger partial charge in [-0.2, -0.15) is 11.8 Å². The quantitative estimate of drug-likeness (QED) is 0.889. The predicted octanol–water partition coefficient (Wildman–Crippen LogP) is 2.29. The number of aryl methyl sites for hydroxylation is 2. The molecule has 5 nitrogen and oxygen atoms in total. The number of thiophene rings is 1. The van der Waals surface area contributed by atoms with Gasteiger partial charge in [-0.25, -0.2) is 9.78 Å². The summed E-state index contributed by atoms with van der Waals surface area (Å²) in [5.41, 5.74) is 0.659. The third-order valence-corrected chi connectivity index (χ3v) is 5.43. The largest absolute Gasteiger partial charge is 0.477 e. The number of carboxylic acids is 1. The number of fused-ring (bicyclic) bond motifs is 1. The molecule has 0 saturated carbocycles. The number of rotatable bonds is 2. The summed E-state index contributed by atoms with van der Waals surface area (Å²) in [7, 11) is 0. The SMILES string of the molecule is Cc1nc(-c2cc3c(s2)CCSC3)[nH]c(=O)c1C(=O)O. The molecular formula is C13H12N2O3S2. The molecule has 0 unspecified atom stereocenters. The Morgan fingerprint density at radius 3 is 2.95 bits per heavy atom. The van der Waals surface area contributed by atoms with Crippen molar-refractivity contribution in [1.82, 2.24) is 9.97 Å². The van der Waals surface area contributed by atoms with Crippen LogP contribution in [0.4, 0.5) is 0 Å². The van der Waals surface area contributed by atoms with E-state index < -0.39 is 11.5 Å². The van der Waals surface area contributed by atoms with Crippen LogP contribution in [0.25, 0.3) is 10.7 Å². The van der Waals surface area contributed by atoms with Crippen LogP contribution in [-0.4, -0.2) is 26.8 Å². The molecule has 3 heterocycles. The highest BCUT2D eigenvalue weighted by Crippen LogP contribution is 2.35. The normalized spacial score (nSPS) is 14.1. The highest BCUT2D eigenvalue weighted by Gasteiger charge is 2.19. The van der Waals surface area contributed by atoms with E-state index in [-0.39, 0.29) is 11.3 Å². The van der Waals surface area contributed by atoms with Gasteiger partial charge in [0, 0.05) is 10.6 Å². The summed E-state index contributed by atoms with van der Waals surface area (Å²) in [6.07, 6.45) is 1.04. The van der Waals surface area contributed by atoms with Crippen molar-refractivity contribution < 1.29 is 9.90 Å². The number of hydrogen-bond donors (Lipinski definition) is 2. The molecule has 2 aromatic heterocycles. The average Bonchev–Trinajstić information content (AvgIpc) is 2.81. The maximum Gasteiger partial charge on any atom is 0.343 e. The number of nitrogens with zero attached hydrogens (tertiary/aromatic N) is 1. The Morgan fingerprint density at radius 2 is 2.30 bits per heavy atom. The fourth-order valence-electron chi connectivity index (χ4n) is 2.22. The van der Waals surface area contributed by atoms with Crippen molar-refractivity contribution in [2.24, 2.45) is 0 Å². The van der Waals surface area contributed by atoms with Crippen molar-refractivity contribution in [3.63, 3.8) is 0 Å². The summed E-state index contributed by atoms with van der Waals surface area (Å²) in [5.74, 6) is 1.32. The molecular weight excluding hydrogens is 296 g/mol. The minimum atomic E-state index is -1.25. The van der Waals surface area contributed by atoms with Crippen LogP contribution in [0.15, 0.2) is 10.9 Å². The molecule has 1 aliphatic heterocycles. The Morgan fingerprint density at radius 1 is 1.50 bits per heavy atom. The van der Waals surface area contributed by atoms with Gasteiger partial charge in [-0.3, -0.25) is 4.79 Å². The van der Waals surface area contributed by atoms with E-state index in [9.17, 15) is 9.59 Å². The van der Waals surface area contributed by atoms with E-state index in [1.165, 1.54) is 10.4 Å². The highest BCUT2D eigenvalue weighted by atomic mass is 32.2. The molecule has 20 heavy (non-hydrogen) atoms. The number of hydrogen-bond acceptors (Lipinski definition) is 5. The Labute approximate surface area is 123 Å². The van der Waals surface area contributed by atoms with Gasteiger partial charge in [0.05, 0.1) is 10.6 Å². The number of H-pyrrole nitrogens is 1. The first kappa shape index (κ1) is 13.4. The Hall–Kier alpha value is -1.60. The van der Waals surface area contributed by atoms with E-state index in [0.717, 1.165) is 22.8 Å². The van der Waals surface area contributed by atoms with Crippen LogP contribution < -0.4 is 5.56 Å². The van der Waals surface area contributed by atoms with Crippen molar-refractivity contribution in [3.8, 4) is 10.7 Å². The molecule has 0 atom stereocenters. The van der Waals surface area contributed by atoms with Crippen molar-refractivity contribution >= 4 is 29.1 Å². The van der Waals surface area contributed by atoms with E-state index in [4.69, 9.17) is 5.11 Å². The number of nitrogens with one attached hydrogen (secondary N) is 1. The molecule has 1 aliphatic rings. The summed E-state index contributed by atoms with van der Waals surface area (Å²) in [6, 6.07) is 2.05. The lowest BCUT2D eigenvalue weighted by molar-refractivity contribution is 0.0693. The number of carbonyl (C=O) groups is 1. The van der Waals surface area contributed by atoms with Crippen LogP contribution in [0.2, 0.25) is 0 Å². The van der Waals surface area contributed by atoms with Crippen LogP contribution in [0.3, 0.4) is 0 Å². The van der Waals surface area contributed by atoms with Gasteiger partial charge < -0.3 is 10.1 Å². The van der Waals surface area contributed by atoms with Crippen molar-refractivity contribution in [1.29, 1.82) is 0 Å². The summed E-state index contributed by atoms with van der Waals surface area (Å²) in [6.45, 7) is 1.55. The minimum Gasteiger partial charge on any atom is -0.477 e. The average molecular weight is 308 g/mol. The molecule has 0 spiro atoms. The van der Waals surface area contributed by atoms with Crippen LogP contribution in [0.1, 0.15) is 26.5 Å². The van der Waals surface area contributed by atoms with Gasteiger partial charge in [-0.15, -0.1) is 11.3 Å². The van der Waals surface area contributed by atoms with Crippen LogP contribution in [-0.2, 0) is 12.2 Å². The summed E-state index contributed by atoms with van der Waals surface area (Å²) in [4.78, 5) is 31.9. The Kier molecular flexibility index (Phi) is 3.39. The molecule has 2 aromatic rings. The second-order valence-corrected chi connectivity index (χ2v) is 6.78. The zero-order valence-corrected chi connectivity index (χ0v) is 12.4. The number of carboxylic acid groups (broad SMARTS) is 1. The fraction of sp³-hybridized carbons (Fsp3) is 0.308. The van der Waals surface area contributed by atoms with Gasteiger partial charge in [0.2, 0.25) is 0 Å². The second kappa shape index (κ2) is 5.06. The predicted molar refractivity (Wildman–Crippen MR) is 79.7 cm³/mol. The first-order chi connectivity index (χ1) is 9.56. The van der Waals surface area contributed by atoms with Gasteiger partial charge in [0.1, 0.15) is 5.56 Å². The maximum absolute atomic E-state index is 11.8. The first-order valence-corrected chi connectivity index (χ1v) is 8.07. The minimum absolute atomic E-state index is 0.247. The van der Waals surface area contributed by atoms with Crippen LogP contribution >= 0.6 is 23.1 Å². The summed E-state index contributed by atoms with van der Waals surface area (Å²) in [5, 5.41) is 8.98. The lowest BCUT2D eigenvalue weighted by Crippen LogP contribution is -2.21. The molecule has 3 rings (SSSR count). The molecule has 0 fully saturated rings. The van der Waals surface area contributed by atoms with Gasteiger partial charge >= 0.3 is 5.97 Å². The Bertz CT molecular complexity index is 725. The maximum atomic E-state index is 11.8. The van der Waals surface area contributed by atoms with Gasteiger partial charge in [-0.05, 0) is 30.7 Å². The first-order valence-electron chi connectivity index (χ1n) is 6.10. The third-order valence-electron chi connectivity index (χ3n) is 3.18. The molecule has 104 valence electrons. The van der Waals surface area contributed by atoms with E-state index in [0.29, 0.717) is 5.82 Å². The molecule has 0 saturated heterocycles. The van der Waals surface area contributed by atoms with Gasteiger partial charge in [-0.1, -0.05) is 0 Å². The summed E-state index contributed by atoms with van der Waals surface area (Å²) >= 11 is 3.52. The monoisotopic (exact) mass is 308 g/mol. The summed E-state index contributed by atoms with van der Waals surface area (Å²) < 4.78 is 0. The number of thioether (sulfide) groups is 1. The zero-order chi connectivity index (χ0) is 14.3. The second-order valence-electron chi connectivity index (χ2n) is 4.54. The van der Waals surface area contributed by atoms with Crippen molar-refractivity contribution in [2.75, 3.05) is 5.75 Å². The van der Waals surface area contributed by atoms with Crippen molar-refractivity contribution in [3.05, 3.63) is 38.1 Å². The topological polar surface area (TPSA) is 83.0 Å². The smallest absolute Gasteiger partial charge is 0.343 e. The lowest BCUT2D eigenvalue weighted by atomic mass is 10.2. The highest BCUT2D eigenvalue weighted by molar-refractivity contribution is 7.98. The molecule has 2 N–H and O–H groups in total. The number of aromatic nitrogens is 2. The number of aromatic carboxylic acids is 1. The van der Waals surface area contributed by atoms with E-state index in [2.05, 4.69) is 9.97 Å². The van der Waals surface area contributed by atoms with E-state index in [1.54, 1.807) is 18.3 Å². The molecule has 7 heteroatoms. The molecule has 0 aromatic carbocycles. The molecule has 0 radical (unpaired) electrons. The van der Waals surface area contributed by atoms with E-state index >= 15 is 0 Å². The Balaban J connectivity index is 2.09. The standard InChI is InChI=1S/C13H12N2O3S2/c1-6-10(13(17)18)12(16)15-11(14-6)9-4-7-5-19-3-2-8(7)20-9/h4H,2-3,5H2,1H3,(H,17,18)(H,14,15,16). The van der Waals surface area contributed by atoms with Crippen LogP contribution in [0, 0.1) is 6.92 Å². The van der Waals surface area contributed by atoms with Gasteiger partial charge in [0.25, 0.3) is 5.56 Å². The van der Waals surface area contributed by atoms with Crippen LogP contribution in [0.5, 0.6) is 0 Å². The van der Waals surface area contributed by atoms with Crippen molar-refractivity contribution in [2.45, 2.75) is 19.1 Å². The lowest BCUT2D eigenvalue weighted by Gasteiger charge is -2.08. The fourth-order valence-corrected chi connectivity index (χ4v) is 4.54. The number of aromatic amines is 1. The third kappa shape index (κ3) is 2.27. The zero-order valence-electron chi connectivity index (χ0n) is 10.7. The van der Waals surface area contributed by atoms with Gasteiger partial charge in [0.15, 0.2) is 5.82 Å².